The molecule has 1 aliphatic heterocycles. The molecular weight excluding hydrogens is 467 g/mol. The molecule has 0 spiro atoms. The first-order valence-electron chi connectivity index (χ1n) is 10.8. The first kappa shape index (κ1) is 25.0. The average Bonchev–Trinajstić information content (AvgIpc) is 2.73. The summed E-state index contributed by atoms with van der Waals surface area (Å²) < 4.78 is 27.5. The van der Waals surface area contributed by atoms with Gasteiger partial charge in [0.15, 0.2) is 0 Å². The molecule has 0 saturated carbocycles. The fraction of sp³-hybridized carbons (Fsp3) is 0.458. The molecule has 1 aliphatic rings. The molecule has 0 aromatic heterocycles. The Balaban J connectivity index is 1.70. The minimum atomic E-state index is -3.66. The largest absolute Gasteiger partial charge is 0.349 e. The van der Waals surface area contributed by atoms with E-state index in [0.717, 1.165) is 11.1 Å². The van der Waals surface area contributed by atoms with Gasteiger partial charge in [-0.2, -0.15) is 0 Å². The predicted molar refractivity (Wildman–Crippen MR) is 131 cm³/mol. The van der Waals surface area contributed by atoms with Gasteiger partial charge in [0.1, 0.15) is 0 Å². The Morgan fingerprint density at radius 2 is 1.75 bits per heavy atom. The Bertz CT molecular complexity index is 1100. The maximum atomic E-state index is 13.1. The number of aryl methyl sites for hydroxylation is 3. The molecule has 0 unspecified atom stereocenters. The first-order chi connectivity index (χ1) is 15.0. The highest BCUT2D eigenvalue weighted by Crippen LogP contribution is 2.29. The van der Waals surface area contributed by atoms with Gasteiger partial charge in [-0.25, -0.2) is 12.7 Å². The molecule has 5 nitrogen and oxygen atoms in total. The van der Waals surface area contributed by atoms with Crippen molar-refractivity contribution in [2.45, 2.75) is 52.3 Å². The molecule has 3 rings (SSSR count). The molecule has 174 valence electrons. The average molecular weight is 497 g/mol. The van der Waals surface area contributed by atoms with Crippen LogP contribution in [0.4, 0.5) is 0 Å². The summed E-state index contributed by atoms with van der Waals surface area (Å²) in [5.41, 5.74) is 5.00. The Hall–Kier alpha value is -1.60. The normalized spacial score (nSPS) is 18.4. The van der Waals surface area contributed by atoms with E-state index in [-0.39, 0.29) is 24.2 Å². The summed E-state index contributed by atoms with van der Waals surface area (Å²) in [4.78, 5) is 13.0. The molecule has 0 aliphatic carbocycles. The van der Waals surface area contributed by atoms with Crippen LogP contribution < -0.4 is 5.32 Å². The first-order valence-corrected chi connectivity index (χ1v) is 13.1. The summed E-state index contributed by atoms with van der Waals surface area (Å²) in [6.07, 6.45) is 1.29. The summed E-state index contributed by atoms with van der Waals surface area (Å²) in [6.45, 7) is 8.68. The van der Waals surface area contributed by atoms with E-state index in [1.165, 1.54) is 15.4 Å². The number of benzene rings is 2. The van der Waals surface area contributed by atoms with Crippen LogP contribution in [0.1, 0.15) is 53.6 Å². The molecule has 2 atom stereocenters. The maximum absolute atomic E-state index is 13.1. The second-order valence-electron chi connectivity index (χ2n) is 8.68. The van der Waals surface area contributed by atoms with E-state index in [0.29, 0.717) is 35.0 Å². The van der Waals surface area contributed by atoms with Crippen LogP contribution in [0.15, 0.2) is 30.3 Å². The van der Waals surface area contributed by atoms with E-state index in [4.69, 9.17) is 23.2 Å². The standard InChI is InChI=1S/C24H30Cl2N2O3S/c1-15-11-17(3)20(12-16(15)2)18(4)27-24(29)19-7-6-10-28(13-19)32(30,31)14-21-22(25)8-5-9-23(21)26/h5,8-9,11-12,18-19H,6-7,10,13-14H2,1-4H3,(H,27,29)/t18-,19+/m0/s1. The lowest BCUT2D eigenvalue weighted by molar-refractivity contribution is -0.126. The van der Waals surface area contributed by atoms with E-state index in [1.54, 1.807) is 18.2 Å². The Morgan fingerprint density at radius 3 is 2.41 bits per heavy atom. The molecule has 0 radical (unpaired) electrons. The number of hydrogen-bond donors (Lipinski definition) is 1. The molecule has 1 fully saturated rings. The second-order valence-corrected chi connectivity index (χ2v) is 11.5. The smallest absolute Gasteiger partial charge is 0.224 e. The van der Waals surface area contributed by atoms with Gasteiger partial charge < -0.3 is 5.32 Å². The number of piperidine rings is 1. The molecule has 1 heterocycles. The molecule has 1 amide bonds. The van der Waals surface area contributed by atoms with Gasteiger partial charge in [-0.1, -0.05) is 41.4 Å². The van der Waals surface area contributed by atoms with Gasteiger partial charge in [0, 0.05) is 28.7 Å². The predicted octanol–water partition coefficient (Wildman–Crippen LogP) is 5.34. The number of nitrogens with zero attached hydrogens (tertiary/aromatic N) is 1. The van der Waals surface area contributed by atoms with Gasteiger partial charge in [0.2, 0.25) is 15.9 Å². The summed E-state index contributed by atoms with van der Waals surface area (Å²) in [5.74, 6) is -0.793. The van der Waals surface area contributed by atoms with Gasteiger partial charge in [-0.05, 0) is 74.9 Å². The van der Waals surface area contributed by atoms with Crippen LogP contribution in [0.2, 0.25) is 10.0 Å². The van der Waals surface area contributed by atoms with E-state index in [9.17, 15) is 13.2 Å². The molecule has 1 saturated heterocycles. The van der Waals surface area contributed by atoms with Crippen molar-refractivity contribution in [3.05, 3.63) is 68.2 Å². The molecule has 8 heteroatoms. The van der Waals surface area contributed by atoms with Gasteiger partial charge >= 0.3 is 0 Å². The summed E-state index contributed by atoms with van der Waals surface area (Å²) >= 11 is 12.3. The molecular formula is C24H30Cl2N2O3S. The van der Waals surface area contributed by atoms with Gasteiger partial charge in [-0.15, -0.1) is 0 Å². The number of carbonyl (C=O) groups is 1. The van der Waals surface area contributed by atoms with Crippen molar-refractivity contribution in [3.63, 3.8) is 0 Å². The lowest BCUT2D eigenvalue weighted by atomic mass is 9.95. The zero-order valence-electron chi connectivity index (χ0n) is 18.9. The van der Waals surface area contributed by atoms with Crippen LogP contribution in [-0.2, 0) is 20.6 Å². The Morgan fingerprint density at radius 1 is 1.12 bits per heavy atom. The number of carbonyl (C=O) groups excluding carboxylic acids is 1. The van der Waals surface area contributed by atoms with E-state index < -0.39 is 15.9 Å². The topological polar surface area (TPSA) is 66.5 Å². The van der Waals surface area contributed by atoms with Crippen LogP contribution in [-0.4, -0.2) is 31.7 Å². The van der Waals surface area contributed by atoms with Crippen molar-refractivity contribution >= 4 is 39.1 Å². The van der Waals surface area contributed by atoms with Crippen LogP contribution in [0.3, 0.4) is 0 Å². The highest BCUT2D eigenvalue weighted by Gasteiger charge is 2.33. The quantitative estimate of drug-likeness (QED) is 0.586. The van der Waals surface area contributed by atoms with Crippen LogP contribution >= 0.6 is 23.2 Å². The minimum Gasteiger partial charge on any atom is -0.349 e. The highest BCUT2D eigenvalue weighted by molar-refractivity contribution is 7.88. The Kier molecular flexibility index (Phi) is 7.92. The van der Waals surface area contributed by atoms with E-state index >= 15 is 0 Å². The molecule has 1 N–H and O–H groups in total. The molecule has 32 heavy (non-hydrogen) atoms. The minimum absolute atomic E-state index is 0.120. The zero-order chi connectivity index (χ0) is 23.6. The van der Waals surface area contributed by atoms with Crippen LogP contribution in [0.25, 0.3) is 0 Å². The van der Waals surface area contributed by atoms with Crippen molar-refractivity contribution in [2.24, 2.45) is 5.92 Å². The van der Waals surface area contributed by atoms with E-state index in [1.807, 2.05) is 13.8 Å². The number of amides is 1. The molecule has 2 aromatic rings. The number of nitrogens with one attached hydrogen (secondary N) is 1. The van der Waals surface area contributed by atoms with Gasteiger partial charge in [-0.3, -0.25) is 4.79 Å². The lowest BCUT2D eigenvalue weighted by Crippen LogP contribution is -2.46. The third-order valence-electron chi connectivity index (χ3n) is 6.24. The maximum Gasteiger partial charge on any atom is 0.224 e. The van der Waals surface area contributed by atoms with Crippen molar-refractivity contribution in [1.29, 1.82) is 0 Å². The monoisotopic (exact) mass is 496 g/mol. The zero-order valence-corrected chi connectivity index (χ0v) is 21.2. The fourth-order valence-electron chi connectivity index (χ4n) is 4.21. The van der Waals surface area contributed by atoms with Crippen molar-refractivity contribution < 1.29 is 13.2 Å². The third-order valence-corrected chi connectivity index (χ3v) is 8.72. The van der Waals surface area contributed by atoms with Gasteiger partial charge in [0.25, 0.3) is 0 Å². The lowest BCUT2D eigenvalue weighted by Gasteiger charge is -2.32. The summed E-state index contributed by atoms with van der Waals surface area (Å²) in [7, 11) is -3.66. The second kappa shape index (κ2) is 10.1. The van der Waals surface area contributed by atoms with Crippen LogP contribution in [0.5, 0.6) is 0 Å². The van der Waals surface area contributed by atoms with Crippen LogP contribution in [0, 0.1) is 26.7 Å². The number of halogens is 2. The van der Waals surface area contributed by atoms with E-state index in [2.05, 4.69) is 31.3 Å². The number of hydrogen-bond acceptors (Lipinski definition) is 3. The Labute approximate surface area is 201 Å². The number of rotatable bonds is 6. The molecule has 2 aromatic carbocycles. The van der Waals surface area contributed by atoms with Crippen molar-refractivity contribution in [3.8, 4) is 0 Å². The summed E-state index contributed by atoms with van der Waals surface area (Å²) in [6, 6.07) is 9.01. The summed E-state index contributed by atoms with van der Waals surface area (Å²) in [5, 5.41) is 3.74. The third kappa shape index (κ3) is 5.66. The number of sulfonamides is 1. The van der Waals surface area contributed by atoms with Gasteiger partial charge in [0.05, 0.1) is 17.7 Å². The highest BCUT2D eigenvalue weighted by atomic mass is 35.5. The fourth-order valence-corrected chi connectivity index (χ4v) is 6.57. The van der Waals surface area contributed by atoms with Crippen molar-refractivity contribution in [1.82, 2.24) is 9.62 Å². The SMILES string of the molecule is Cc1cc(C)c([C@H](C)NC(=O)[C@@H]2CCCN(S(=O)(=O)Cc3c(Cl)cccc3Cl)C2)cc1C. The van der Waals surface area contributed by atoms with Crippen molar-refractivity contribution in [2.75, 3.05) is 13.1 Å². The molecule has 0 bridgehead atoms.